The summed E-state index contributed by atoms with van der Waals surface area (Å²) in [7, 11) is -2.01. The van der Waals surface area contributed by atoms with Crippen molar-refractivity contribution in [2.24, 2.45) is 0 Å². The second kappa shape index (κ2) is 8.88. The smallest absolute Gasteiger partial charge is 0.355 e. The third-order valence-corrected chi connectivity index (χ3v) is 6.03. The van der Waals surface area contributed by atoms with Crippen molar-refractivity contribution in [2.45, 2.75) is 11.3 Å². The Labute approximate surface area is 154 Å². The third kappa shape index (κ3) is 5.35. The molecule has 0 bridgehead atoms. The monoisotopic (exact) mass is 398 g/mol. The minimum Gasteiger partial charge on any atom is -0.476 e. The second-order valence-electron chi connectivity index (χ2n) is 5.27. The molecular weight excluding hydrogens is 380 g/mol. The van der Waals surface area contributed by atoms with E-state index < -0.39 is 15.8 Å². The number of amides is 1. The van der Waals surface area contributed by atoms with Crippen molar-refractivity contribution in [2.75, 3.05) is 26.0 Å². The first-order valence-corrected chi connectivity index (χ1v) is 10.1. The normalized spacial score (nSPS) is 11.3. The molecule has 0 spiro atoms. The number of carbonyl (C=O) groups excluding carboxylic acids is 1. The van der Waals surface area contributed by atoms with Crippen molar-refractivity contribution >= 4 is 33.1 Å². The summed E-state index contributed by atoms with van der Waals surface area (Å²) in [5, 5.41) is 13.6. The summed E-state index contributed by atoms with van der Waals surface area (Å²) >= 11 is 1.22. The van der Waals surface area contributed by atoms with Gasteiger partial charge in [0.15, 0.2) is 15.5 Å². The summed E-state index contributed by atoms with van der Waals surface area (Å²) in [5.41, 5.74) is 0.322. The number of carbonyl (C=O) groups is 2. The van der Waals surface area contributed by atoms with E-state index in [2.05, 4.69) is 10.3 Å². The van der Waals surface area contributed by atoms with Crippen LogP contribution >= 0.6 is 11.3 Å². The Hall–Kier alpha value is -2.30. The predicted octanol–water partition coefficient (Wildman–Crippen LogP) is 1.23. The van der Waals surface area contributed by atoms with Gasteiger partial charge in [0.2, 0.25) is 0 Å². The van der Waals surface area contributed by atoms with Gasteiger partial charge in [0.25, 0.3) is 5.91 Å². The Balaban J connectivity index is 1.90. The number of rotatable bonds is 9. The number of ether oxygens (including phenoxy) is 1. The Bertz CT molecular complexity index is 874. The summed E-state index contributed by atoms with van der Waals surface area (Å²) in [4.78, 5) is 26.9. The van der Waals surface area contributed by atoms with Gasteiger partial charge in [-0.3, -0.25) is 4.79 Å². The fraction of sp³-hybridized carbons (Fsp3) is 0.312. The summed E-state index contributed by atoms with van der Waals surface area (Å²) in [6.07, 6.45) is 0.410. The van der Waals surface area contributed by atoms with E-state index in [9.17, 15) is 18.0 Å². The van der Waals surface area contributed by atoms with Gasteiger partial charge in [0.05, 0.1) is 22.3 Å². The highest BCUT2D eigenvalue weighted by Crippen LogP contribution is 2.13. The second-order valence-corrected chi connectivity index (χ2v) is 8.33. The van der Waals surface area contributed by atoms with Crippen molar-refractivity contribution in [3.63, 3.8) is 0 Å². The summed E-state index contributed by atoms with van der Waals surface area (Å²) in [6, 6.07) is 5.67. The van der Waals surface area contributed by atoms with E-state index in [1.165, 1.54) is 48.1 Å². The van der Waals surface area contributed by atoms with Crippen molar-refractivity contribution < 1.29 is 27.9 Å². The lowest BCUT2D eigenvalue weighted by Gasteiger charge is -2.06. The zero-order chi connectivity index (χ0) is 19.2. The van der Waals surface area contributed by atoms with Gasteiger partial charge in [0.1, 0.15) is 0 Å². The highest BCUT2D eigenvalue weighted by atomic mass is 32.2. The maximum atomic E-state index is 12.1. The van der Waals surface area contributed by atoms with Crippen LogP contribution in [0.5, 0.6) is 0 Å². The Morgan fingerprint density at radius 3 is 2.54 bits per heavy atom. The minimum atomic E-state index is -3.43. The van der Waals surface area contributed by atoms with Gasteiger partial charge in [-0.25, -0.2) is 18.2 Å². The molecule has 0 saturated carbocycles. The number of aromatic carboxylic acids is 1. The highest BCUT2D eigenvalue weighted by Gasteiger charge is 2.15. The van der Waals surface area contributed by atoms with Crippen LogP contribution in [-0.2, 0) is 21.0 Å². The van der Waals surface area contributed by atoms with Crippen LogP contribution in [0.4, 0.5) is 0 Å². The number of sulfone groups is 1. The molecule has 0 atom stereocenters. The van der Waals surface area contributed by atoms with Gasteiger partial charge in [-0.1, -0.05) is 0 Å². The van der Waals surface area contributed by atoms with Gasteiger partial charge in [-0.2, -0.15) is 0 Å². The number of thiazole rings is 1. The highest BCUT2D eigenvalue weighted by molar-refractivity contribution is 7.91. The van der Waals surface area contributed by atoms with Crippen LogP contribution in [0.15, 0.2) is 34.5 Å². The molecule has 0 fully saturated rings. The molecule has 0 unspecified atom stereocenters. The molecule has 1 aromatic heterocycles. The van der Waals surface area contributed by atoms with Crippen LogP contribution in [0.3, 0.4) is 0 Å². The molecule has 1 aromatic carbocycles. The molecule has 0 aliphatic heterocycles. The molecule has 0 radical (unpaired) electrons. The lowest BCUT2D eigenvalue weighted by atomic mass is 10.2. The SMILES string of the molecule is COCCS(=O)(=O)c1ccc(C(=O)NCCc2nc(C(=O)O)cs2)cc1. The van der Waals surface area contributed by atoms with Gasteiger partial charge < -0.3 is 15.2 Å². The molecule has 1 heterocycles. The number of hydrogen-bond acceptors (Lipinski definition) is 7. The van der Waals surface area contributed by atoms with E-state index >= 15 is 0 Å². The van der Waals surface area contributed by atoms with Gasteiger partial charge >= 0.3 is 5.97 Å². The fourth-order valence-electron chi connectivity index (χ4n) is 2.03. The van der Waals surface area contributed by atoms with Gasteiger partial charge in [-0.15, -0.1) is 11.3 Å². The largest absolute Gasteiger partial charge is 0.476 e. The molecule has 140 valence electrons. The predicted molar refractivity (Wildman–Crippen MR) is 95.5 cm³/mol. The molecule has 2 aromatic rings. The average molecular weight is 398 g/mol. The molecule has 0 saturated heterocycles. The van der Waals surface area contributed by atoms with Gasteiger partial charge in [0, 0.05) is 31.0 Å². The molecular formula is C16H18N2O6S2. The standard InChI is InChI=1S/C16H18N2O6S2/c1-24-8-9-26(22,23)12-4-2-11(3-5-12)15(19)17-7-6-14-18-13(10-25-14)16(20)21/h2-5,10H,6-9H2,1H3,(H,17,19)(H,20,21). The topological polar surface area (TPSA) is 123 Å². The fourth-order valence-corrected chi connectivity index (χ4v) is 3.98. The van der Waals surface area contributed by atoms with Crippen molar-refractivity contribution in [1.82, 2.24) is 10.3 Å². The molecule has 0 aliphatic rings. The van der Waals surface area contributed by atoms with Crippen molar-refractivity contribution in [1.29, 1.82) is 0 Å². The average Bonchev–Trinajstić information content (AvgIpc) is 3.09. The van der Waals surface area contributed by atoms with E-state index in [0.717, 1.165) is 0 Å². The van der Waals surface area contributed by atoms with E-state index in [1.807, 2.05) is 0 Å². The molecule has 2 N–H and O–H groups in total. The Kier molecular flexibility index (Phi) is 6.83. The number of benzene rings is 1. The van der Waals surface area contributed by atoms with Gasteiger partial charge in [-0.05, 0) is 24.3 Å². The first kappa shape index (κ1) is 20.0. The first-order valence-electron chi connectivity index (χ1n) is 7.61. The maximum absolute atomic E-state index is 12.1. The number of carboxylic acids is 1. The molecule has 10 heteroatoms. The van der Waals surface area contributed by atoms with Crippen LogP contribution in [0.1, 0.15) is 25.9 Å². The first-order chi connectivity index (χ1) is 12.3. The van der Waals surface area contributed by atoms with Crippen LogP contribution in [0.2, 0.25) is 0 Å². The third-order valence-electron chi connectivity index (χ3n) is 3.43. The number of methoxy groups -OCH3 is 1. The number of nitrogens with zero attached hydrogens (tertiary/aromatic N) is 1. The van der Waals surface area contributed by atoms with Crippen LogP contribution in [0.25, 0.3) is 0 Å². The van der Waals surface area contributed by atoms with Crippen LogP contribution in [-0.4, -0.2) is 56.4 Å². The van der Waals surface area contributed by atoms with E-state index in [4.69, 9.17) is 9.84 Å². The minimum absolute atomic E-state index is 0.0124. The molecule has 26 heavy (non-hydrogen) atoms. The molecule has 2 rings (SSSR count). The quantitative estimate of drug-likeness (QED) is 0.651. The van der Waals surface area contributed by atoms with E-state index in [-0.39, 0.29) is 28.9 Å². The lowest BCUT2D eigenvalue weighted by molar-refractivity contribution is 0.0690. The zero-order valence-electron chi connectivity index (χ0n) is 14.0. The Morgan fingerprint density at radius 2 is 1.96 bits per heavy atom. The summed E-state index contributed by atoms with van der Waals surface area (Å²) in [6.45, 7) is 0.393. The number of hydrogen-bond donors (Lipinski definition) is 2. The van der Waals surface area contributed by atoms with E-state index in [1.54, 1.807) is 0 Å². The number of carboxylic acid groups (broad SMARTS) is 1. The van der Waals surface area contributed by atoms with Crippen LogP contribution in [0, 0.1) is 0 Å². The zero-order valence-corrected chi connectivity index (χ0v) is 15.6. The molecule has 0 aliphatic carbocycles. The summed E-state index contributed by atoms with van der Waals surface area (Å²) in [5.74, 6) is -1.56. The van der Waals surface area contributed by atoms with Crippen molar-refractivity contribution in [3.05, 3.63) is 45.9 Å². The van der Waals surface area contributed by atoms with Crippen LogP contribution < -0.4 is 5.32 Å². The molecule has 8 nitrogen and oxygen atoms in total. The Morgan fingerprint density at radius 1 is 1.27 bits per heavy atom. The maximum Gasteiger partial charge on any atom is 0.355 e. The lowest BCUT2D eigenvalue weighted by Crippen LogP contribution is -2.25. The summed E-state index contributed by atoms with van der Waals surface area (Å²) < 4.78 is 28.8. The molecule has 1 amide bonds. The number of aromatic nitrogens is 1. The number of nitrogens with one attached hydrogen (secondary N) is 1. The van der Waals surface area contributed by atoms with Crippen molar-refractivity contribution in [3.8, 4) is 0 Å². The van der Waals surface area contributed by atoms with E-state index in [0.29, 0.717) is 23.5 Å².